The summed E-state index contributed by atoms with van der Waals surface area (Å²) in [6, 6.07) is 7.95. The number of nitrogens with zero attached hydrogens (tertiary/aromatic N) is 1. The molecule has 0 aliphatic heterocycles. The molecule has 1 rings (SSSR count). The van der Waals surface area contributed by atoms with Crippen molar-refractivity contribution in [3.8, 4) is 5.75 Å². The molecule has 3 heteroatoms. The molecule has 1 aromatic carbocycles. The second kappa shape index (κ2) is 8.11. The summed E-state index contributed by atoms with van der Waals surface area (Å²) in [6.45, 7) is 4.44. The van der Waals surface area contributed by atoms with Gasteiger partial charge in [0.1, 0.15) is 5.75 Å². The van der Waals surface area contributed by atoms with Gasteiger partial charge in [-0.15, -0.1) is 0 Å². The Kier molecular flexibility index (Phi) is 6.76. The summed E-state index contributed by atoms with van der Waals surface area (Å²) in [5, 5.41) is 12.8. The Bertz CT molecular complexity index is 322. The predicted molar refractivity (Wildman–Crippen MR) is 77.1 cm³/mol. The van der Waals surface area contributed by atoms with Gasteiger partial charge in [-0.05, 0) is 71.1 Å². The highest BCUT2D eigenvalue weighted by atomic mass is 16.3. The van der Waals surface area contributed by atoms with E-state index in [0.29, 0.717) is 11.8 Å². The van der Waals surface area contributed by atoms with Gasteiger partial charge in [-0.3, -0.25) is 0 Å². The van der Waals surface area contributed by atoms with Crippen molar-refractivity contribution < 1.29 is 5.11 Å². The summed E-state index contributed by atoms with van der Waals surface area (Å²) >= 11 is 0. The highest BCUT2D eigenvalue weighted by Crippen LogP contribution is 2.11. The van der Waals surface area contributed by atoms with Crippen LogP contribution in [-0.4, -0.2) is 43.2 Å². The van der Waals surface area contributed by atoms with Crippen LogP contribution in [0.1, 0.15) is 25.3 Å². The average Bonchev–Trinajstić information content (AvgIpc) is 2.31. The van der Waals surface area contributed by atoms with E-state index in [0.717, 1.165) is 19.5 Å². The molecule has 0 heterocycles. The van der Waals surface area contributed by atoms with Crippen molar-refractivity contribution in [3.05, 3.63) is 29.8 Å². The molecule has 0 saturated carbocycles. The van der Waals surface area contributed by atoms with Gasteiger partial charge in [0.15, 0.2) is 0 Å². The van der Waals surface area contributed by atoms with Crippen LogP contribution in [0.25, 0.3) is 0 Å². The Morgan fingerprint density at radius 3 is 2.44 bits per heavy atom. The number of rotatable bonds is 8. The van der Waals surface area contributed by atoms with Crippen LogP contribution in [0.2, 0.25) is 0 Å². The van der Waals surface area contributed by atoms with E-state index in [1.807, 2.05) is 12.1 Å². The fraction of sp³-hybridized carbons (Fsp3) is 0.600. The van der Waals surface area contributed by atoms with Gasteiger partial charge >= 0.3 is 0 Å². The molecule has 0 bridgehead atoms. The van der Waals surface area contributed by atoms with Gasteiger partial charge in [0.2, 0.25) is 0 Å². The SMILES string of the molecule is CC(Cc1ccc(O)cc1)NCCCCN(C)C. The normalized spacial score (nSPS) is 12.9. The van der Waals surface area contributed by atoms with Gasteiger partial charge < -0.3 is 15.3 Å². The molecule has 0 fully saturated rings. The van der Waals surface area contributed by atoms with E-state index in [-0.39, 0.29) is 0 Å². The van der Waals surface area contributed by atoms with E-state index in [4.69, 9.17) is 0 Å². The lowest BCUT2D eigenvalue weighted by Gasteiger charge is -2.14. The van der Waals surface area contributed by atoms with Crippen LogP contribution in [0.5, 0.6) is 5.75 Å². The van der Waals surface area contributed by atoms with Gasteiger partial charge in [0.05, 0.1) is 0 Å². The van der Waals surface area contributed by atoms with Gasteiger partial charge in [-0.2, -0.15) is 0 Å². The molecule has 0 radical (unpaired) electrons. The minimum absolute atomic E-state index is 0.336. The van der Waals surface area contributed by atoms with Crippen molar-refractivity contribution in [1.29, 1.82) is 0 Å². The van der Waals surface area contributed by atoms with Crippen LogP contribution < -0.4 is 5.32 Å². The first-order valence-corrected chi connectivity index (χ1v) is 6.74. The molecular formula is C15H26N2O. The monoisotopic (exact) mass is 250 g/mol. The van der Waals surface area contributed by atoms with E-state index >= 15 is 0 Å². The van der Waals surface area contributed by atoms with Crippen LogP contribution in [0.3, 0.4) is 0 Å². The van der Waals surface area contributed by atoms with E-state index in [1.54, 1.807) is 12.1 Å². The molecule has 3 nitrogen and oxygen atoms in total. The van der Waals surface area contributed by atoms with Crippen molar-refractivity contribution in [2.45, 2.75) is 32.2 Å². The van der Waals surface area contributed by atoms with Gasteiger partial charge in [0.25, 0.3) is 0 Å². The first-order valence-electron chi connectivity index (χ1n) is 6.74. The van der Waals surface area contributed by atoms with Gasteiger partial charge in [-0.25, -0.2) is 0 Å². The van der Waals surface area contributed by atoms with Crippen molar-refractivity contribution in [1.82, 2.24) is 10.2 Å². The molecule has 0 aliphatic carbocycles. The molecule has 0 aliphatic rings. The molecule has 1 atom stereocenters. The predicted octanol–water partition coefficient (Wildman–Crippen LogP) is 2.25. The third-order valence-electron chi connectivity index (χ3n) is 3.00. The summed E-state index contributed by atoms with van der Waals surface area (Å²) in [4.78, 5) is 2.22. The fourth-order valence-electron chi connectivity index (χ4n) is 1.96. The number of phenols is 1. The van der Waals surface area contributed by atoms with Crippen molar-refractivity contribution in [3.63, 3.8) is 0 Å². The summed E-state index contributed by atoms with van der Waals surface area (Å²) < 4.78 is 0. The quantitative estimate of drug-likeness (QED) is 0.695. The molecular weight excluding hydrogens is 224 g/mol. The first-order chi connectivity index (χ1) is 8.58. The highest BCUT2D eigenvalue weighted by molar-refractivity contribution is 5.26. The zero-order chi connectivity index (χ0) is 13.4. The van der Waals surface area contributed by atoms with Crippen LogP contribution in [0.4, 0.5) is 0 Å². The van der Waals surface area contributed by atoms with Crippen molar-refractivity contribution in [2.24, 2.45) is 0 Å². The molecule has 1 aromatic rings. The Hall–Kier alpha value is -1.06. The number of phenolic OH excluding ortho intramolecular Hbond substituents is 1. The molecule has 102 valence electrons. The number of hydrogen-bond donors (Lipinski definition) is 2. The minimum Gasteiger partial charge on any atom is -0.508 e. The van der Waals surface area contributed by atoms with Gasteiger partial charge in [0, 0.05) is 6.04 Å². The van der Waals surface area contributed by atoms with E-state index in [1.165, 1.54) is 18.4 Å². The number of benzene rings is 1. The summed E-state index contributed by atoms with van der Waals surface area (Å²) in [5.41, 5.74) is 1.26. The van der Waals surface area contributed by atoms with Crippen LogP contribution in [0.15, 0.2) is 24.3 Å². The minimum atomic E-state index is 0.336. The van der Waals surface area contributed by atoms with E-state index < -0.39 is 0 Å². The Balaban J connectivity index is 2.13. The Morgan fingerprint density at radius 2 is 1.83 bits per heavy atom. The zero-order valence-electron chi connectivity index (χ0n) is 11.8. The van der Waals surface area contributed by atoms with Crippen LogP contribution in [0, 0.1) is 0 Å². The topological polar surface area (TPSA) is 35.5 Å². The largest absolute Gasteiger partial charge is 0.508 e. The number of hydrogen-bond acceptors (Lipinski definition) is 3. The number of nitrogens with one attached hydrogen (secondary N) is 1. The highest BCUT2D eigenvalue weighted by Gasteiger charge is 2.02. The number of aromatic hydroxyl groups is 1. The van der Waals surface area contributed by atoms with E-state index in [9.17, 15) is 5.11 Å². The summed E-state index contributed by atoms with van der Waals surface area (Å²) in [6.07, 6.45) is 3.47. The summed E-state index contributed by atoms with van der Waals surface area (Å²) in [5.74, 6) is 0.336. The maximum Gasteiger partial charge on any atom is 0.115 e. The lowest BCUT2D eigenvalue weighted by Crippen LogP contribution is -2.29. The molecule has 0 spiro atoms. The molecule has 18 heavy (non-hydrogen) atoms. The Morgan fingerprint density at radius 1 is 1.17 bits per heavy atom. The lowest BCUT2D eigenvalue weighted by molar-refractivity contribution is 0.388. The number of unbranched alkanes of at least 4 members (excludes halogenated alkanes) is 1. The zero-order valence-corrected chi connectivity index (χ0v) is 11.8. The van der Waals surface area contributed by atoms with Crippen LogP contribution in [-0.2, 0) is 6.42 Å². The second-order valence-corrected chi connectivity index (χ2v) is 5.24. The summed E-state index contributed by atoms with van der Waals surface area (Å²) in [7, 11) is 4.22. The van der Waals surface area contributed by atoms with Crippen molar-refractivity contribution >= 4 is 0 Å². The molecule has 0 amide bonds. The van der Waals surface area contributed by atoms with E-state index in [2.05, 4.69) is 31.2 Å². The van der Waals surface area contributed by atoms with Crippen LogP contribution >= 0.6 is 0 Å². The first kappa shape index (κ1) is 15.0. The molecule has 0 saturated heterocycles. The third kappa shape index (κ3) is 6.62. The van der Waals surface area contributed by atoms with Crippen molar-refractivity contribution in [2.75, 3.05) is 27.2 Å². The average molecular weight is 250 g/mol. The fourth-order valence-corrected chi connectivity index (χ4v) is 1.96. The lowest BCUT2D eigenvalue weighted by atomic mass is 10.1. The maximum atomic E-state index is 9.22. The second-order valence-electron chi connectivity index (χ2n) is 5.24. The molecule has 1 unspecified atom stereocenters. The van der Waals surface area contributed by atoms with Gasteiger partial charge in [-0.1, -0.05) is 12.1 Å². The maximum absolute atomic E-state index is 9.22. The Labute approximate surface area is 111 Å². The molecule has 0 aromatic heterocycles. The standard InChI is InChI=1S/C15H26N2O/c1-13(16-10-4-5-11-17(2)3)12-14-6-8-15(18)9-7-14/h6-9,13,16,18H,4-5,10-12H2,1-3H3. The molecule has 2 N–H and O–H groups in total. The third-order valence-corrected chi connectivity index (χ3v) is 3.00. The smallest absolute Gasteiger partial charge is 0.115 e.